The molecule has 1 fully saturated rings. The molecule has 2 rings (SSSR count). The predicted octanol–water partition coefficient (Wildman–Crippen LogP) is 5.74. The van der Waals surface area contributed by atoms with Crippen molar-refractivity contribution in [2.24, 2.45) is 29.6 Å². The van der Waals surface area contributed by atoms with Crippen LogP contribution in [0.1, 0.15) is 92.6 Å². The minimum atomic E-state index is -0.616. The van der Waals surface area contributed by atoms with Crippen molar-refractivity contribution >= 4 is 23.4 Å². The van der Waals surface area contributed by atoms with Gasteiger partial charge in [0.05, 0.1) is 42.9 Å². The van der Waals surface area contributed by atoms with E-state index in [-0.39, 0.29) is 71.9 Å². The van der Waals surface area contributed by atoms with Crippen molar-refractivity contribution in [3.63, 3.8) is 0 Å². The quantitative estimate of drug-likeness (QED) is 0.152. The van der Waals surface area contributed by atoms with Gasteiger partial charge < -0.3 is 29.3 Å². The molecule has 0 aliphatic carbocycles. The zero-order valence-corrected chi connectivity index (χ0v) is 33.9. The Hall–Kier alpha value is -2.73. The fraction of sp³-hybridized carbons (Fsp3) is 0.756. The summed E-state index contributed by atoms with van der Waals surface area (Å²) in [6.07, 6.45) is 1.66. The van der Waals surface area contributed by atoms with E-state index in [1.807, 2.05) is 34.6 Å². The second-order valence-electron chi connectivity index (χ2n) is 15.5. The molecule has 0 bridgehead atoms. The van der Waals surface area contributed by atoms with Crippen LogP contribution in [0.5, 0.6) is 0 Å². The number of hydrogen-bond donors (Lipinski definition) is 1. The number of likely N-dealkylation sites (tertiary alicyclic amines) is 1. The van der Waals surface area contributed by atoms with Gasteiger partial charge in [-0.3, -0.25) is 19.2 Å². The maximum Gasteiger partial charge on any atom is 0.226 e. The average Bonchev–Trinajstić information content (AvgIpc) is 3.55. The fourth-order valence-corrected chi connectivity index (χ4v) is 7.92. The number of aryl methyl sites for hydroxylation is 1. The number of Topliss-reactive ketones (excluding diaryl/α,β-unsaturated/α-hetero) is 2. The largest absolute Gasteiger partial charge is 0.380 e. The molecule has 1 N–H and O–H groups in total. The standard InChI is InChI=1S/C41H68FN3O7/c1-13-27(6)39(44(9)41(49)32(25(2)3)22-35(47)38(43-8)26(4)5)36(51-11)23-37(48)45-24-31(50-10)21-33(45)40(52-12)28(7)34(46)16-14-15-29-17-19-30(42)20-18-29/h17-20,25-28,31-33,36,38-40,43H,13-16,21-24H2,1-12H3/t27-,28-,31+,32-,33?,36+,38-,39-,40+/m0/s1. The molecular weight excluding hydrogens is 665 g/mol. The van der Waals surface area contributed by atoms with Gasteiger partial charge in [-0.1, -0.05) is 67.0 Å². The Bertz CT molecular complexity index is 1280. The summed E-state index contributed by atoms with van der Waals surface area (Å²) in [5.41, 5.74) is 0.971. The van der Waals surface area contributed by atoms with Crippen LogP contribution in [0.2, 0.25) is 0 Å². The van der Waals surface area contributed by atoms with Crippen LogP contribution in [0.3, 0.4) is 0 Å². The van der Waals surface area contributed by atoms with Crippen molar-refractivity contribution in [2.75, 3.05) is 42.0 Å². The van der Waals surface area contributed by atoms with Gasteiger partial charge in [0.15, 0.2) is 5.78 Å². The lowest BCUT2D eigenvalue weighted by molar-refractivity contribution is -0.149. The second-order valence-corrected chi connectivity index (χ2v) is 15.5. The highest BCUT2D eigenvalue weighted by Gasteiger charge is 2.45. The van der Waals surface area contributed by atoms with Crippen LogP contribution in [0.4, 0.5) is 4.39 Å². The van der Waals surface area contributed by atoms with E-state index < -0.39 is 36.1 Å². The summed E-state index contributed by atoms with van der Waals surface area (Å²) in [7, 11) is 8.29. The first kappa shape index (κ1) is 45.4. The highest BCUT2D eigenvalue weighted by molar-refractivity contribution is 5.90. The number of halogens is 1. The third kappa shape index (κ3) is 12.1. The van der Waals surface area contributed by atoms with E-state index in [2.05, 4.69) is 19.2 Å². The molecule has 0 aromatic heterocycles. The summed E-state index contributed by atoms with van der Waals surface area (Å²) >= 11 is 0. The highest BCUT2D eigenvalue weighted by Crippen LogP contribution is 2.32. The maximum absolute atomic E-state index is 14.3. The van der Waals surface area contributed by atoms with Gasteiger partial charge >= 0.3 is 0 Å². The Morgan fingerprint density at radius 1 is 0.942 bits per heavy atom. The lowest BCUT2D eigenvalue weighted by Gasteiger charge is -2.41. The molecule has 52 heavy (non-hydrogen) atoms. The number of nitrogens with zero attached hydrogens (tertiary/aromatic N) is 2. The van der Waals surface area contributed by atoms with E-state index >= 15 is 0 Å². The highest BCUT2D eigenvalue weighted by atomic mass is 19.1. The van der Waals surface area contributed by atoms with Crippen molar-refractivity contribution in [3.05, 3.63) is 35.6 Å². The SMILES string of the molecule is CC[C@H](C)[C@@H]([C@@H](CC(=O)N1C[C@H](OC)CC1[C@H](OC)[C@@H](C)C(=O)CCCc1ccc(F)cc1)OC)N(C)C(=O)[C@@H](CC(=O)[C@@H](NC)C(C)C)C(C)C. The Morgan fingerprint density at radius 3 is 2.08 bits per heavy atom. The van der Waals surface area contributed by atoms with Crippen LogP contribution in [-0.4, -0.2) is 112 Å². The van der Waals surface area contributed by atoms with Crippen LogP contribution in [0, 0.1) is 35.4 Å². The van der Waals surface area contributed by atoms with E-state index in [9.17, 15) is 23.6 Å². The van der Waals surface area contributed by atoms with Crippen LogP contribution in [0.25, 0.3) is 0 Å². The van der Waals surface area contributed by atoms with Crippen LogP contribution in [-0.2, 0) is 39.8 Å². The Labute approximate surface area is 312 Å². The summed E-state index contributed by atoms with van der Waals surface area (Å²) in [5.74, 6) is -1.50. The summed E-state index contributed by atoms with van der Waals surface area (Å²) < 4.78 is 31.0. The van der Waals surface area contributed by atoms with Crippen LogP contribution >= 0.6 is 0 Å². The number of methoxy groups -OCH3 is 3. The number of ketones is 2. The van der Waals surface area contributed by atoms with E-state index in [0.29, 0.717) is 32.2 Å². The molecule has 0 saturated carbocycles. The molecule has 9 atom stereocenters. The number of nitrogens with one attached hydrogen (secondary N) is 1. The minimum Gasteiger partial charge on any atom is -0.380 e. The van der Waals surface area contributed by atoms with Crippen molar-refractivity contribution in [2.45, 2.75) is 130 Å². The first-order valence-corrected chi connectivity index (χ1v) is 19.2. The monoisotopic (exact) mass is 734 g/mol. The summed E-state index contributed by atoms with van der Waals surface area (Å²) in [6, 6.07) is 5.16. The first-order valence-electron chi connectivity index (χ1n) is 19.2. The van der Waals surface area contributed by atoms with Gasteiger partial charge in [-0.05, 0) is 61.8 Å². The lowest BCUT2D eigenvalue weighted by Crippen LogP contribution is -2.54. The number of rotatable bonds is 23. The molecule has 1 aliphatic heterocycles. The molecule has 11 heteroatoms. The molecule has 1 unspecified atom stereocenters. The zero-order chi connectivity index (χ0) is 39.3. The molecule has 1 aliphatic rings. The number of benzene rings is 1. The van der Waals surface area contributed by atoms with E-state index in [0.717, 1.165) is 12.0 Å². The normalized spacial score (nSPS) is 20.3. The summed E-state index contributed by atoms with van der Waals surface area (Å²) in [4.78, 5) is 58.7. The number of carbonyl (C=O) groups is 4. The molecule has 0 spiro atoms. The van der Waals surface area contributed by atoms with Gasteiger partial charge in [0.1, 0.15) is 11.6 Å². The first-order chi connectivity index (χ1) is 24.6. The van der Waals surface area contributed by atoms with E-state index in [1.165, 1.54) is 12.1 Å². The van der Waals surface area contributed by atoms with Crippen molar-refractivity contribution < 1.29 is 37.8 Å². The van der Waals surface area contributed by atoms with Crippen molar-refractivity contribution in [1.82, 2.24) is 15.1 Å². The van der Waals surface area contributed by atoms with Crippen molar-refractivity contribution in [3.8, 4) is 0 Å². The minimum absolute atomic E-state index is 0.00342. The smallest absolute Gasteiger partial charge is 0.226 e. The molecule has 1 heterocycles. The molecular formula is C41H68FN3O7. The second kappa shape index (κ2) is 21.8. The number of likely N-dealkylation sites (N-methyl/N-ethyl adjacent to an activating group) is 2. The molecule has 1 aromatic rings. The molecule has 0 radical (unpaired) electrons. The van der Waals surface area contributed by atoms with Gasteiger partial charge in [-0.15, -0.1) is 0 Å². The number of amides is 2. The summed E-state index contributed by atoms with van der Waals surface area (Å²) in [5, 5.41) is 3.11. The Balaban J connectivity index is 2.27. The Kier molecular flexibility index (Phi) is 19.1. The summed E-state index contributed by atoms with van der Waals surface area (Å²) in [6.45, 7) is 14.2. The topological polar surface area (TPSA) is 114 Å². The van der Waals surface area contributed by atoms with Gasteiger partial charge in [0, 0.05) is 59.6 Å². The zero-order valence-electron chi connectivity index (χ0n) is 33.9. The van der Waals surface area contributed by atoms with Gasteiger partial charge in [0.2, 0.25) is 11.8 Å². The van der Waals surface area contributed by atoms with E-state index in [1.54, 1.807) is 57.4 Å². The molecule has 1 aromatic carbocycles. The predicted molar refractivity (Wildman–Crippen MR) is 202 cm³/mol. The van der Waals surface area contributed by atoms with Gasteiger partial charge in [-0.25, -0.2) is 4.39 Å². The van der Waals surface area contributed by atoms with Gasteiger partial charge in [-0.2, -0.15) is 0 Å². The average molecular weight is 734 g/mol. The van der Waals surface area contributed by atoms with Crippen LogP contribution in [0.15, 0.2) is 24.3 Å². The number of ether oxygens (including phenoxy) is 3. The third-order valence-corrected chi connectivity index (χ3v) is 11.4. The van der Waals surface area contributed by atoms with E-state index in [4.69, 9.17) is 14.2 Å². The molecule has 10 nitrogen and oxygen atoms in total. The van der Waals surface area contributed by atoms with Crippen molar-refractivity contribution in [1.29, 1.82) is 0 Å². The number of hydrogen-bond acceptors (Lipinski definition) is 8. The fourth-order valence-electron chi connectivity index (χ4n) is 7.92. The molecule has 296 valence electrons. The third-order valence-electron chi connectivity index (χ3n) is 11.4. The lowest BCUT2D eigenvalue weighted by atomic mass is 9.84. The molecule has 1 saturated heterocycles. The van der Waals surface area contributed by atoms with Gasteiger partial charge in [0.25, 0.3) is 0 Å². The maximum atomic E-state index is 14.3. The number of carbonyl (C=O) groups excluding carboxylic acids is 4. The Morgan fingerprint density at radius 2 is 1.58 bits per heavy atom. The van der Waals surface area contributed by atoms with Crippen LogP contribution < -0.4 is 5.32 Å². The molecule has 2 amide bonds.